The monoisotopic (exact) mass is 278 g/mol. The van der Waals surface area contributed by atoms with Crippen LogP contribution in [0.5, 0.6) is 0 Å². The first kappa shape index (κ1) is 14.3. The van der Waals surface area contributed by atoms with Crippen molar-refractivity contribution in [3.05, 3.63) is 35.1 Å². The molecule has 1 fully saturated rings. The molecule has 6 heteroatoms. The van der Waals surface area contributed by atoms with Crippen molar-refractivity contribution in [2.24, 2.45) is 5.92 Å². The summed E-state index contributed by atoms with van der Waals surface area (Å²) in [7, 11) is 0. The van der Waals surface area contributed by atoms with E-state index in [0.29, 0.717) is 19.1 Å². The molecule has 0 spiro atoms. The molecular weight excluding hydrogens is 264 g/mol. The average molecular weight is 278 g/mol. The first-order chi connectivity index (χ1) is 8.79. The summed E-state index contributed by atoms with van der Waals surface area (Å²) in [5.74, 6) is -1.60. The second kappa shape index (κ2) is 5.09. The van der Waals surface area contributed by atoms with Gasteiger partial charge in [-0.25, -0.2) is 4.39 Å². The molecule has 2 rings (SSSR count). The molecule has 1 saturated heterocycles. The van der Waals surface area contributed by atoms with Crippen LogP contribution in [0.25, 0.3) is 0 Å². The Kier molecular flexibility index (Phi) is 3.82. The van der Waals surface area contributed by atoms with Gasteiger partial charge in [-0.1, -0.05) is 6.07 Å². The molecule has 1 N–H and O–H groups in total. The Labute approximate surface area is 108 Å². The number of hydrogen-bond donors (Lipinski definition) is 1. The van der Waals surface area contributed by atoms with E-state index in [1.807, 2.05) is 6.92 Å². The van der Waals surface area contributed by atoms with Crippen LogP contribution in [0.2, 0.25) is 0 Å². The van der Waals surface area contributed by atoms with Crippen LogP contribution in [0.15, 0.2) is 18.2 Å². The predicted molar refractivity (Wildman–Crippen MR) is 59.9 cm³/mol. The smallest absolute Gasteiger partial charge is 0.388 e. The standard InChI is InChI=1S/C13H14F4O2/c1-7-4-9(6-19-7)12(18)8-2-3-11(14)10(5-8)13(15,16)17/h2-3,5,7,9,12,18H,4,6H2,1H3. The summed E-state index contributed by atoms with van der Waals surface area (Å²) in [5, 5.41) is 10.0. The number of aliphatic hydroxyl groups is 1. The maximum Gasteiger partial charge on any atom is 0.419 e. The summed E-state index contributed by atoms with van der Waals surface area (Å²) >= 11 is 0. The van der Waals surface area contributed by atoms with Crippen LogP contribution in [0.4, 0.5) is 17.6 Å². The Morgan fingerprint density at radius 1 is 1.37 bits per heavy atom. The minimum Gasteiger partial charge on any atom is -0.388 e. The molecule has 2 nitrogen and oxygen atoms in total. The lowest BCUT2D eigenvalue weighted by molar-refractivity contribution is -0.140. The van der Waals surface area contributed by atoms with Gasteiger partial charge in [-0.15, -0.1) is 0 Å². The second-order valence-corrected chi connectivity index (χ2v) is 4.82. The molecule has 1 aliphatic rings. The van der Waals surface area contributed by atoms with Crippen molar-refractivity contribution in [2.45, 2.75) is 31.7 Å². The zero-order valence-corrected chi connectivity index (χ0v) is 10.2. The van der Waals surface area contributed by atoms with Crippen molar-refractivity contribution in [3.63, 3.8) is 0 Å². The van der Waals surface area contributed by atoms with E-state index in [-0.39, 0.29) is 17.6 Å². The van der Waals surface area contributed by atoms with Crippen LogP contribution in [0.3, 0.4) is 0 Å². The van der Waals surface area contributed by atoms with E-state index in [4.69, 9.17) is 4.74 Å². The molecule has 19 heavy (non-hydrogen) atoms. The molecule has 106 valence electrons. The Balaban J connectivity index is 2.26. The van der Waals surface area contributed by atoms with Crippen molar-refractivity contribution in [2.75, 3.05) is 6.61 Å². The van der Waals surface area contributed by atoms with Crippen LogP contribution >= 0.6 is 0 Å². The van der Waals surface area contributed by atoms with Gasteiger partial charge in [0.05, 0.1) is 24.4 Å². The first-order valence-electron chi connectivity index (χ1n) is 5.95. The molecule has 0 amide bonds. The lowest BCUT2D eigenvalue weighted by Crippen LogP contribution is -2.15. The molecule has 3 atom stereocenters. The fraction of sp³-hybridized carbons (Fsp3) is 0.538. The molecule has 0 bridgehead atoms. The van der Waals surface area contributed by atoms with Crippen LogP contribution in [0.1, 0.15) is 30.6 Å². The Morgan fingerprint density at radius 2 is 2.05 bits per heavy atom. The molecule has 1 aromatic rings. The normalized spacial score (nSPS) is 25.6. The lowest BCUT2D eigenvalue weighted by atomic mass is 9.92. The number of benzene rings is 1. The molecule has 0 aromatic heterocycles. The van der Waals surface area contributed by atoms with Gasteiger partial charge in [0.15, 0.2) is 0 Å². The zero-order chi connectivity index (χ0) is 14.2. The third-order valence-corrected chi connectivity index (χ3v) is 3.31. The second-order valence-electron chi connectivity index (χ2n) is 4.82. The SMILES string of the molecule is CC1CC(C(O)c2ccc(F)c(C(F)(F)F)c2)CO1. The minimum absolute atomic E-state index is 0.0258. The van der Waals surface area contributed by atoms with E-state index >= 15 is 0 Å². The molecule has 3 unspecified atom stereocenters. The lowest BCUT2D eigenvalue weighted by Gasteiger charge is -2.18. The number of alkyl halides is 3. The van der Waals surface area contributed by atoms with E-state index < -0.39 is 23.7 Å². The highest BCUT2D eigenvalue weighted by molar-refractivity contribution is 5.29. The summed E-state index contributed by atoms with van der Waals surface area (Å²) in [6, 6.07) is 2.59. The van der Waals surface area contributed by atoms with Gasteiger partial charge < -0.3 is 9.84 Å². The number of halogens is 4. The fourth-order valence-electron chi connectivity index (χ4n) is 2.29. The van der Waals surface area contributed by atoms with Gasteiger partial charge in [0, 0.05) is 5.92 Å². The number of rotatable bonds is 2. The quantitative estimate of drug-likeness (QED) is 0.841. The van der Waals surface area contributed by atoms with Gasteiger partial charge in [0.2, 0.25) is 0 Å². The molecule has 1 aromatic carbocycles. The van der Waals surface area contributed by atoms with Gasteiger partial charge >= 0.3 is 6.18 Å². The Bertz CT molecular complexity index is 458. The van der Waals surface area contributed by atoms with Crippen LogP contribution in [-0.2, 0) is 10.9 Å². The minimum atomic E-state index is -4.76. The van der Waals surface area contributed by atoms with E-state index in [1.54, 1.807) is 0 Å². The average Bonchev–Trinajstić information content (AvgIpc) is 2.74. The fourth-order valence-corrected chi connectivity index (χ4v) is 2.29. The summed E-state index contributed by atoms with van der Waals surface area (Å²) < 4.78 is 56.2. The molecule has 1 aliphatic heterocycles. The number of ether oxygens (including phenoxy) is 1. The Morgan fingerprint density at radius 3 is 2.58 bits per heavy atom. The molecule has 1 heterocycles. The van der Waals surface area contributed by atoms with E-state index in [2.05, 4.69) is 0 Å². The third-order valence-electron chi connectivity index (χ3n) is 3.31. The van der Waals surface area contributed by atoms with Gasteiger partial charge in [-0.2, -0.15) is 13.2 Å². The van der Waals surface area contributed by atoms with Gasteiger partial charge in [0.1, 0.15) is 5.82 Å². The zero-order valence-electron chi connectivity index (χ0n) is 10.2. The van der Waals surface area contributed by atoms with Crippen molar-refractivity contribution in [3.8, 4) is 0 Å². The molecule has 0 aliphatic carbocycles. The largest absolute Gasteiger partial charge is 0.419 e. The summed E-state index contributed by atoms with van der Waals surface area (Å²) in [6.07, 6.45) is -5.30. The third kappa shape index (κ3) is 3.06. The highest BCUT2D eigenvalue weighted by atomic mass is 19.4. The highest BCUT2D eigenvalue weighted by Crippen LogP contribution is 2.36. The Hall–Kier alpha value is -1.14. The summed E-state index contributed by atoms with van der Waals surface area (Å²) in [5.41, 5.74) is -1.28. The van der Waals surface area contributed by atoms with Crippen LogP contribution in [0, 0.1) is 11.7 Å². The van der Waals surface area contributed by atoms with E-state index in [1.165, 1.54) is 6.07 Å². The van der Waals surface area contributed by atoms with Crippen molar-refractivity contribution >= 4 is 0 Å². The van der Waals surface area contributed by atoms with Crippen molar-refractivity contribution in [1.29, 1.82) is 0 Å². The maximum atomic E-state index is 13.1. The van der Waals surface area contributed by atoms with E-state index in [0.717, 1.165) is 6.07 Å². The van der Waals surface area contributed by atoms with E-state index in [9.17, 15) is 22.7 Å². The van der Waals surface area contributed by atoms with Crippen molar-refractivity contribution < 1.29 is 27.4 Å². The van der Waals surface area contributed by atoms with Crippen molar-refractivity contribution in [1.82, 2.24) is 0 Å². The van der Waals surface area contributed by atoms with Crippen LogP contribution in [-0.4, -0.2) is 17.8 Å². The predicted octanol–water partition coefficient (Wildman–Crippen LogP) is 3.30. The number of aliphatic hydroxyl groups excluding tert-OH is 1. The molecular formula is C13H14F4O2. The first-order valence-corrected chi connectivity index (χ1v) is 5.95. The van der Waals surface area contributed by atoms with Gasteiger partial charge in [-0.3, -0.25) is 0 Å². The molecule has 0 radical (unpaired) electrons. The summed E-state index contributed by atoms with van der Waals surface area (Å²) in [4.78, 5) is 0. The highest BCUT2D eigenvalue weighted by Gasteiger charge is 2.36. The number of hydrogen-bond acceptors (Lipinski definition) is 2. The molecule has 0 saturated carbocycles. The van der Waals surface area contributed by atoms with Gasteiger partial charge in [-0.05, 0) is 31.0 Å². The van der Waals surface area contributed by atoms with Crippen LogP contribution < -0.4 is 0 Å². The summed E-state index contributed by atoms with van der Waals surface area (Å²) in [6.45, 7) is 2.12. The topological polar surface area (TPSA) is 29.5 Å². The maximum absolute atomic E-state index is 13.1. The van der Waals surface area contributed by atoms with Gasteiger partial charge in [0.25, 0.3) is 0 Å².